The van der Waals surface area contributed by atoms with E-state index >= 15 is 0 Å². The maximum Gasteiger partial charge on any atom is 0.227 e. The summed E-state index contributed by atoms with van der Waals surface area (Å²) in [5, 5.41) is 4.18. The van der Waals surface area contributed by atoms with Gasteiger partial charge in [0.2, 0.25) is 5.95 Å². The molecule has 0 unspecified atom stereocenters. The summed E-state index contributed by atoms with van der Waals surface area (Å²) in [6.45, 7) is 0. The van der Waals surface area contributed by atoms with Crippen LogP contribution in [0, 0.1) is 0 Å². The molecule has 5 heteroatoms. The van der Waals surface area contributed by atoms with Crippen molar-refractivity contribution in [1.29, 1.82) is 0 Å². The van der Waals surface area contributed by atoms with Gasteiger partial charge in [-0.3, -0.25) is 0 Å². The van der Waals surface area contributed by atoms with Crippen LogP contribution in [0.15, 0.2) is 60.9 Å². The number of aromatic nitrogens is 2. The molecule has 0 spiro atoms. The van der Waals surface area contributed by atoms with E-state index in [1.165, 1.54) is 0 Å². The number of rotatable bonds is 3. The van der Waals surface area contributed by atoms with Gasteiger partial charge in [-0.15, -0.1) is 0 Å². The van der Waals surface area contributed by atoms with Crippen LogP contribution in [0.1, 0.15) is 0 Å². The van der Waals surface area contributed by atoms with E-state index in [2.05, 4.69) is 15.3 Å². The normalized spacial score (nSPS) is 10.4. The number of nitrogens with one attached hydrogen (secondary N) is 1. The van der Waals surface area contributed by atoms with Crippen molar-refractivity contribution in [3.8, 4) is 11.1 Å². The zero-order valence-electron chi connectivity index (χ0n) is 10.9. The largest absolute Gasteiger partial charge is 0.324 e. The Hall–Kier alpha value is -2.10. The van der Waals surface area contributed by atoms with E-state index in [4.69, 9.17) is 23.2 Å². The first kappa shape index (κ1) is 13.9. The molecule has 0 radical (unpaired) electrons. The van der Waals surface area contributed by atoms with Crippen LogP contribution in [0.3, 0.4) is 0 Å². The number of hydrogen-bond acceptors (Lipinski definition) is 3. The quantitative estimate of drug-likeness (QED) is 0.722. The number of halogens is 2. The van der Waals surface area contributed by atoms with E-state index in [1.54, 1.807) is 24.5 Å². The van der Waals surface area contributed by atoms with Crippen molar-refractivity contribution in [2.24, 2.45) is 0 Å². The molecule has 3 rings (SSSR count). The number of anilines is 2. The van der Waals surface area contributed by atoms with Crippen LogP contribution >= 0.6 is 23.2 Å². The molecule has 1 N–H and O–H groups in total. The number of benzene rings is 2. The van der Waals surface area contributed by atoms with Gasteiger partial charge in [0.05, 0.1) is 10.0 Å². The summed E-state index contributed by atoms with van der Waals surface area (Å²) in [6.07, 6.45) is 3.50. The average Bonchev–Trinajstić information content (AvgIpc) is 2.52. The van der Waals surface area contributed by atoms with Gasteiger partial charge in [-0.1, -0.05) is 47.5 Å². The van der Waals surface area contributed by atoms with Crippen LogP contribution in [-0.4, -0.2) is 9.97 Å². The van der Waals surface area contributed by atoms with Crippen LogP contribution in [-0.2, 0) is 0 Å². The van der Waals surface area contributed by atoms with Crippen molar-refractivity contribution in [1.82, 2.24) is 9.97 Å². The molecule has 3 aromatic rings. The first-order valence-corrected chi connectivity index (χ1v) is 7.07. The molecule has 0 bridgehead atoms. The summed E-state index contributed by atoms with van der Waals surface area (Å²) in [5.74, 6) is 0.546. The van der Waals surface area contributed by atoms with E-state index in [1.807, 2.05) is 36.4 Å². The summed E-state index contributed by atoms with van der Waals surface area (Å²) in [5.41, 5.74) is 2.75. The van der Waals surface area contributed by atoms with Gasteiger partial charge in [0.1, 0.15) is 0 Å². The summed E-state index contributed by atoms with van der Waals surface area (Å²) in [7, 11) is 0. The van der Waals surface area contributed by atoms with Gasteiger partial charge >= 0.3 is 0 Å². The summed E-state index contributed by atoms with van der Waals surface area (Å²) >= 11 is 11.9. The van der Waals surface area contributed by atoms with Crippen molar-refractivity contribution < 1.29 is 0 Å². The van der Waals surface area contributed by atoms with Crippen LogP contribution < -0.4 is 5.32 Å². The van der Waals surface area contributed by atoms with Gasteiger partial charge in [0.25, 0.3) is 0 Å². The molecule has 0 atom stereocenters. The Labute approximate surface area is 132 Å². The highest BCUT2D eigenvalue weighted by Gasteiger charge is 2.04. The second-order valence-electron chi connectivity index (χ2n) is 4.42. The molecule has 0 amide bonds. The summed E-state index contributed by atoms with van der Waals surface area (Å²) in [6, 6.07) is 15.2. The lowest BCUT2D eigenvalue weighted by Gasteiger charge is -2.06. The van der Waals surface area contributed by atoms with Gasteiger partial charge in [-0.25, -0.2) is 9.97 Å². The fourth-order valence-electron chi connectivity index (χ4n) is 1.87. The van der Waals surface area contributed by atoms with Gasteiger partial charge in [0, 0.05) is 23.6 Å². The van der Waals surface area contributed by atoms with E-state index in [0.717, 1.165) is 16.8 Å². The van der Waals surface area contributed by atoms with Crippen molar-refractivity contribution in [2.45, 2.75) is 0 Å². The Morgan fingerprint density at radius 2 is 1.48 bits per heavy atom. The minimum atomic E-state index is 0.514. The molecular weight excluding hydrogens is 305 g/mol. The monoisotopic (exact) mass is 315 g/mol. The van der Waals surface area contributed by atoms with E-state index in [-0.39, 0.29) is 0 Å². The molecule has 0 aliphatic carbocycles. The smallest absolute Gasteiger partial charge is 0.227 e. The molecule has 0 aliphatic heterocycles. The highest BCUT2D eigenvalue weighted by molar-refractivity contribution is 6.42. The van der Waals surface area contributed by atoms with Crippen LogP contribution in [0.5, 0.6) is 0 Å². The number of hydrogen-bond donors (Lipinski definition) is 1. The Kier molecular flexibility index (Phi) is 4.04. The molecule has 1 aromatic heterocycles. The van der Waals surface area contributed by atoms with Crippen molar-refractivity contribution in [3.05, 3.63) is 71.0 Å². The minimum absolute atomic E-state index is 0.514. The second kappa shape index (κ2) is 6.12. The SMILES string of the molecule is Clc1ccc(-c2cnc(Nc3ccccc3)nc2)cc1Cl. The Bertz CT molecular complexity index is 743. The third-order valence-corrected chi connectivity index (χ3v) is 3.67. The van der Waals surface area contributed by atoms with Crippen molar-refractivity contribution in [3.63, 3.8) is 0 Å². The zero-order chi connectivity index (χ0) is 14.7. The maximum absolute atomic E-state index is 6.02. The second-order valence-corrected chi connectivity index (χ2v) is 5.23. The van der Waals surface area contributed by atoms with Gasteiger partial charge in [-0.2, -0.15) is 0 Å². The lowest BCUT2D eigenvalue weighted by atomic mass is 10.1. The van der Waals surface area contributed by atoms with Crippen LogP contribution in [0.4, 0.5) is 11.6 Å². The van der Waals surface area contributed by atoms with E-state index in [9.17, 15) is 0 Å². The van der Waals surface area contributed by atoms with Crippen molar-refractivity contribution in [2.75, 3.05) is 5.32 Å². The molecule has 0 saturated carbocycles. The average molecular weight is 316 g/mol. The van der Waals surface area contributed by atoms with Gasteiger partial charge in [-0.05, 0) is 29.8 Å². The van der Waals surface area contributed by atoms with Crippen LogP contribution in [0.25, 0.3) is 11.1 Å². The predicted molar refractivity (Wildman–Crippen MR) is 87.2 cm³/mol. The van der Waals surface area contributed by atoms with E-state index in [0.29, 0.717) is 16.0 Å². The minimum Gasteiger partial charge on any atom is -0.324 e. The molecule has 104 valence electrons. The standard InChI is InChI=1S/C16H11Cl2N3/c17-14-7-6-11(8-15(14)18)12-9-19-16(20-10-12)21-13-4-2-1-3-5-13/h1-10H,(H,19,20,21). The van der Waals surface area contributed by atoms with E-state index < -0.39 is 0 Å². The zero-order valence-corrected chi connectivity index (χ0v) is 12.4. The molecule has 0 aliphatic rings. The molecule has 3 nitrogen and oxygen atoms in total. The first-order valence-electron chi connectivity index (χ1n) is 6.32. The lowest BCUT2D eigenvalue weighted by molar-refractivity contribution is 1.17. The Morgan fingerprint density at radius 3 is 2.14 bits per heavy atom. The summed E-state index contributed by atoms with van der Waals surface area (Å²) < 4.78 is 0. The third kappa shape index (κ3) is 3.32. The maximum atomic E-state index is 6.02. The highest BCUT2D eigenvalue weighted by Crippen LogP contribution is 2.28. The third-order valence-electron chi connectivity index (χ3n) is 2.93. The molecule has 21 heavy (non-hydrogen) atoms. The first-order chi connectivity index (χ1) is 10.2. The summed E-state index contributed by atoms with van der Waals surface area (Å²) in [4.78, 5) is 8.61. The van der Waals surface area contributed by atoms with Gasteiger partial charge in [0.15, 0.2) is 0 Å². The molecule has 1 heterocycles. The lowest BCUT2D eigenvalue weighted by Crippen LogP contribution is -1.96. The molecule has 0 saturated heterocycles. The Balaban J connectivity index is 1.82. The van der Waals surface area contributed by atoms with Crippen LogP contribution in [0.2, 0.25) is 10.0 Å². The number of para-hydroxylation sites is 1. The highest BCUT2D eigenvalue weighted by atomic mass is 35.5. The molecular formula is C16H11Cl2N3. The van der Waals surface area contributed by atoms with Crippen molar-refractivity contribution >= 4 is 34.8 Å². The Morgan fingerprint density at radius 1 is 0.762 bits per heavy atom. The molecule has 2 aromatic carbocycles. The predicted octanol–water partition coefficient (Wildman–Crippen LogP) is 5.19. The molecule has 0 fully saturated rings. The fourth-order valence-corrected chi connectivity index (χ4v) is 2.17. The topological polar surface area (TPSA) is 37.8 Å². The number of nitrogens with zero attached hydrogens (tertiary/aromatic N) is 2. The fraction of sp³-hybridized carbons (Fsp3) is 0. The van der Waals surface area contributed by atoms with Gasteiger partial charge < -0.3 is 5.32 Å².